The molecule has 0 amide bonds. The minimum atomic E-state index is -0.639. The van der Waals surface area contributed by atoms with E-state index in [2.05, 4.69) is 24.8 Å². The number of aromatic nitrogens is 3. The average molecular weight is 317 g/mol. The van der Waals surface area contributed by atoms with Gasteiger partial charge in [0.1, 0.15) is 23.8 Å². The molecule has 3 aliphatic rings. The van der Waals surface area contributed by atoms with Gasteiger partial charge in [-0.3, -0.25) is 9.88 Å². The Morgan fingerprint density at radius 3 is 2.61 bits per heavy atom. The highest BCUT2D eigenvalue weighted by Crippen LogP contribution is 2.35. The van der Waals surface area contributed by atoms with Crippen molar-refractivity contribution in [3.05, 3.63) is 47.7 Å². The molecule has 2 aromatic rings. The summed E-state index contributed by atoms with van der Waals surface area (Å²) in [5.74, 6) is -0.267. The smallest absolute Gasteiger partial charge is 0.148 e. The molecule has 2 unspecified atom stereocenters. The molecular weight excluding hydrogens is 300 g/mol. The first-order valence-electron chi connectivity index (χ1n) is 7.69. The molecule has 0 aliphatic carbocycles. The fourth-order valence-electron chi connectivity index (χ4n) is 3.48. The van der Waals surface area contributed by atoms with Gasteiger partial charge in [0.2, 0.25) is 0 Å². The number of hydrogen-bond acceptors (Lipinski definition) is 5. The Morgan fingerprint density at radius 2 is 1.91 bits per heavy atom. The summed E-state index contributed by atoms with van der Waals surface area (Å²) in [6.45, 7) is 4.09. The summed E-state index contributed by atoms with van der Waals surface area (Å²) in [5, 5.41) is 0. The number of piperazine rings is 1. The third-order valence-electron chi connectivity index (χ3n) is 4.67. The van der Waals surface area contributed by atoms with Crippen LogP contribution >= 0.6 is 0 Å². The van der Waals surface area contributed by atoms with Crippen LogP contribution in [0, 0.1) is 18.6 Å². The second-order valence-electron chi connectivity index (χ2n) is 6.22. The predicted octanol–water partition coefficient (Wildman–Crippen LogP) is 1.92. The summed E-state index contributed by atoms with van der Waals surface area (Å²) < 4.78 is 26.7. The summed E-state index contributed by atoms with van der Waals surface area (Å²) in [4.78, 5) is 16.8. The number of aryl methyl sites for hydroxylation is 1. The molecule has 120 valence electrons. The van der Waals surface area contributed by atoms with Crippen LogP contribution in [0.25, 0.3) is 0 Å². The van der Waals surface area contributed by atoms with Crippen molar-refractivity contribution < 1.29 is 8.78 Å². The van der Waals surface area contributed by atoms with E-state index in [9.17, 15) is 8.78 Å². The molecule has 5 heterocycles. The maximum Gasteiger partial charge on any atom is 0.148 e. The van der Waals surface area contributed by atoms with E-state index in [4.69, 9.17) is 0 Å². The Bertz CT molecular complexity index is 726. The second kappa shape index (κ2) is 5.49. The highest BCUT2D eigenvalue weighted by atomic mass is 19.1. The number of piperidine rings is 1. The first-order chi connectivity index (χ1) is 11.1. The molecule has 5 nitrogen and oxygen atoms in total. The van der Waals surface area contributed by atoms with Gasteiger partial charge in [0, 0.05) is 49.5 Å². The normalized spacial score (nSPS) is 23.7. The van der Waals surface area contributed by atoms with Crippen LogP contribution in [0.4, 0.5) is 14.6 Å². The Hall–Kier alpha value is -2.15. The SMILES string of the molecule is Cc1cc(N2CC3CC(C2)N3Cc2ncc(F)cc2F)ncn1. The number of hydrogen-bond donors (Lipinski definition) is 0. The first kappa shape index (κ1) is 14.4. The van der Waals surface area contributed by atoms with Gasteiger partial charge in [0.15, 0.2) is 0 Å². The topological polar surface area (TPSA) is 45.2 Å². The molecule has 0 radical (unpaired) electrons. The molecule has 7 heteroatoms. The minimum absolute atomic E-state index is 0.312. The van der Waals surface area contributed by atoms with E-state index in [0.29, 0.717) is 24.3 Å². The Morgan fingerprint density at radius 1 is 1.13 bits per heavy atom. The van der Waals surface area contributed by atoms with E-state index in [-0.39, 0.29) is 0 Å². The molecule has 23 heavy (non-hydrogen) atoms. The van der Waals surface area contributed by atoms with Crippen LogP contribution < -0.4 is 4.90 Å². The van der Waals surface area contributed by atoms with Crippen molar-refractivity contribution in [1.29, 1.82) is 0 Å². The molecule has 0 saturated carbocycles. The van der Waals surface area contributed by atoms with Gasteiger partial charge in [-0.25, -0.2) is 18.7 Å². The molecule has 2 aromatic heterocycles. The zero-order chi connectivity index (χ0) is 16.0. The number of anilines is 1. The van der Waals surface area contributed by atoms with E-state index in [1.54, 1.807) is 6.33 Å². The quantitative estimate of drug-likeness (QED) is 0.865. The molecule has 0 spiro atoms. The van der Waals surface area contributed by atoms with Crippen molar-refractivity contribution in [3.8, 4) is 0 Å². The van der Waals surface area contributed by atoms with Crippen molar-refractivity contribution in [1.82, 2.24) is 19.9 Å². The first-order valence-corrected chi connectivity index (χ1v) is 7.69. The fourth-order valence-corrected chi connectivity index (χ4v) is 3.48. The summed E-state index contributed by atoms with van der Waals surface area (Å²) in [5.41, 5.74) is 1.26. The molecule has 2 bridgehead atoms. The zero-order valence-electron chi connectivity index (χ0n) is 12.8. The highest BCUT2D eigenvalue weighted by Gasteiger charge is 2.45. The molecule has 3 aliphatic heterocycles. The summed E-state index contributed by atoms with van der Waals surface area (Å²) in [7, 11) is 0. The number of halogens is 2. The largest absolute Gasteiger partial charge is 0.353 e. The molecule has 0 aromatic carbocycles. The number of pyridine rings is 1. The Labute approximate surface area is 133 Å². The van der Waals surface area contributed by atoms with Crippen LogP contribution in [0.15, 0.2) is 24.7 Å². The molecule has 2 atom stereocenters. The molecule has 3 saturated heterocycles. The number of rotatable bonds is 3. The van der Waals surface area contributed by atoms with Crippen molar-refractivity contribution in [2.24, 2.45) is 0 Å². The van der Waals surface area contributed by atoms with Gasteiger partial charge in [-0.05, 0) is 13.3 Å². The fraction of sp³-hybridized carbons (Fsp3) is 0.438. The zero-order valence-corrected chi connectivity index (χ0v) is 12.8. The van der Waals surface area contributed by atoms with Crippen LogP contribution in [0.1, 0.15) is 17.8 Å². The maximum absolute atomic E-state index is 13.8. The van der Waals surface area contributed by atoms with E-state index in [1.807, 2.05) is 13.0 Å². The van der Waals surface area contributed by atoms with E-state index in [1.165, 1.54) is 0 Å². The molecule has 3 fully saturated rings. The molecule has 0 N–H and O–H groups in total. The van der Waals surface area contributed by atoms with Gasteiger partial charge >= 0.3 is 0 Å². The van der Waals surface area contributed by atoms with E-state index in [0.717, 1.165) is 43.3 Å². The minimum Gasteiger partial charge on any atom is -0.353 e. The van der Waals surface area contributed by atoms with Crippen molar-refractivity contribution in [3.63, 3.8) is 0 Å². The lowest BCUT2D eigenvalue weighted by Gasteiger charge is -2.56. The standard InChI is InChI=1S/C16H17F2N5/c1-10-2-16(21-9-20-10)22-6-12-4-13(7-22)23(12)8-15-14(18)3-11(17)5-19-15/h2-3,5,9,12-13H,4,6-8H2,1H3. The summed E-state index contributed by atoms with van der Waals surface area (Å²) >= 11 is 0. The highest BCUT2D eigenvalue weighted by molar-refractivity contribution is 5.41. The molecule has 5 rings (SSSR count). The number of fused-ring (bicyclic) bond motifs is 2. The van der Waals surface area contributed by atoms with Crippen LogP contribution in [0.5, 0.6) is 0 Å². The van der Waals surface area contributed by atoms with Gasteiger partial charge in [0.05, 0.1) is 11.9 Å². The lowest BCUT2D eigenvalue weighted by Crippen LogP contribution is -2.68. The van der Waals surface area contributed by atoms with Gasteiger partial charge in [-0.15, -0.1) is 0 Å². The van der Waals surface area contributed by atoms with E-state index < -0.39 is 11.6 Å². The molecular formula is C16H17F2N5. The van der Waals surface area contributed by atoms with Gasteiger partial charge in [0.25, 0.3) is 0 Å². The average Bonchev–Trinajstić information content (AvgIpc) is 2.54. The lowest BCUT2D eigenvalue weighted by molar-refractivity contribution is -0.0106. The summed E-state index contributed by atoms with van der Waals surface area (Å²) in [6.07, 6.45) is 3.76. The van der Waals surface area contributed by atoms with Crippen molar-refractivity contribution in [2.75, 3.05) is 18.0 Å². The van der Waals surface area contributed by atoms with Crippen LogP contribution in [-0.2, 0) is 6.54 Å². The third-order valence-corrected chi connectivity index (χ3v) is 4.67. The van der Waals surface area contributed by atoms with Gasteiger partial charge in [-0.1, -0.05) is 0 Å². The second-order valence-corrected chi connectivity index (χ2v) is 6.22. The van der Waals surface area contributed by atoms with Gasteiger partial charge < -0.3 is 4.90 Å². The predicted molar refractivity (Wildman–Crippen MR) is 80.9 cm³/mol. The van der Waals surface area contributed by atoms with Crippen LogP contribution in [0.3, 0.4) is 0 Å². The Kier molecular flexibility index (Phi) is 3.45. The van der Waals surface area contributed by atoms with E-state index >= 15 is 0 Å². The monoisotopic (exact) mass is 317 g/mol. The third kappa shape index (κ3) is 2.65. The number of nitrogens with zero attached hydrogens (tertiary/aromatic N) is 5. The Balaban J connectivity index is 1.45. The van der Waals surface area contributed by atoms with Crippen molar-refractivity contribution >= 4 is 5.82 Å². The summed E-state index contributed by atoms with van der Waals surface area (Å²) in [6, 6.07) is 3.59. The van der Waals surface area contributed by atoms with Crippen molar-refractivity contribution in [2.45, 2.75) is 32.0 Å². The van der Waals surface area contributed by atoms with Crippen LogP contribution in [-0.4, -0.2) is 45.0 Å². The maximum atomic E-state index is 13.8. The van der Waals surface area contributed by atoms with Crippen LogP contribution in [0.2, 0.25) is 0 Å². The van der Waals surface area contributed by atoms with Gasteiger partial charge in [-0.2, -0.15) is 0 Å². The lowest BCUT2D eigenvalue weighted by atomic mass is 9.87.